The molecular formula is C36H30. The maximum absolute atomic E-state index is 2.34. The molecule has 0 saturated heterocycles. The van der Waals surface area contributed by atoms with Gasteiger partial charge in [-0.25, -0.2) is 0 Å². The van der Waals surface area contributed by atoms with E-state index in [0.717, 1.165) is 12.8 Å². The number of hydrogen-bond donors (Lipinski definition) is 0. The summed E-state index contributed by atoms with van der Waals surface area (Å²) in [4.78, 5) is 0. The topological polar surface area (TPSA) is 0 Å². The largest absolute Gasteiger partial charge is 0.0622 e. The second kappa shape index (κ2) is 9.47. The molecule has 0 nitrogen and oxygen atoms in total. The van der Waals surface area contributed by atoms with Crippen LogP contribution < -0.4 is 0 Å². The van der Waals surface area contributed by atoms with Crippen molar-refractivity contribution in [1.82, 2.24) is 0 Å². The summed E-state index contributed by atoms with van der Waals surface area (Å²) in [6.45, 7) is 4.51. The van der Waals surface area contributed by atoms with Crippen LogP contribution in [0, 0.1) is 0 Å². The first-order valence-corrected chi connectivity index (χ1v) is 13.0. The van der Waals surface area contributed by atoms with Gasteiger partial charge in [-0.1, -0.05) is 135 Å². The van der Waals surface area contributed by atoms with Crippen molar-refractivity contribution in [2.45, 2.75) is 26.7 Å². The number of benzene rings is 6. The number of rotatable bonds is 6. The summed E-state index contributed by atoms with van der Waals surface area (Å²) < 4.78 is 0. The molecule has 0 aliphatic rings. The van der Waals surface area contributed by atoms with Crippen LogP contribution in [-0.4, -0.2) is 0 Å². The second-order valence-corrected chi connectivity index (χ2v) is 9.52. The minimum atomic E-state index is 0.990. The SMILES string of the molecule is CCC(=Cc1ccccc1)c1ccc2ccc3c(C(=Cc4ccccc4)CC)ccc4ccc1c2c43. The molecule has 0 unspecified atom stereocenters. The van der Waals surface area contributed by atoms with Gasteiger partial charge in [0.25, 0.3) is 0 Å². The highest BCUT2D eigenvalue weighted by Crippen LogP contribution is 2.41. The first-order chi connectivity index (χ1) is 17.8. The Morgan fingerprint density at radius 1 is 0.472 bits per heavy atom. The highest BCUT2D eigenvalue weighted by molar-refractivity contribution is 6.26. The van der Waals surface area contributed by atoms with Crippen LogP contribution in [0.3, 0.4) is 0 Å². The predicted octanol–water partition coefficient (Wildman–Crippen LogP) is 10.5. The summed E-state index contributed by atoms with van der Waals surface area (Å²) in [5.74, 6) is 0. The Morgan fingerprint density at radius 3 is 1.25 bits per heavy atom. The zero-order valence-corrected chi connectivity index (χ0v) is 21.0. The van der Waals surface area contributed by atoms with Crippen molar-refractivity contribution in [2.75, 3.05) is 0 Å². The maximum Gasteiger partial charge on any atom is -0.00205 e. The summed E-state index contributed by atoms with van der Waals surface area (Å²) in [6.07, 6.45) is 6.67. The molecule has 0 atom stereocenters. The van der Waals surface area contributed by atoms with E-state index in [1.807, 2.05) is 0 Å². The Morgan fingerprint density at radius 2 is 0.861 bits per heavy atom. The third-order valence-electron chi connectivity index (χ3n) is 7.40. The van der Waals surface area contributed by atoms with Gasteiger partial charge in [0.1, 0.15) is 0 Å². The molecule has 0 aromatic heterocycles. The minimum Gasteiger partial charge on any atom is -0.0622 e. The van der Waals surface area contributed by atoms with Crippen LogP contribution in [-0.2, 0) is 0 Å². The highest BCUT2D eigenvalue weighted by Gasteiger charge is 2.15. The van der Waals surface area contributed by atoms with Gasteiger partial charge in [-0.05, 0) is 78.6 Å². The van der Waals surface area contributed by atoms with E-state index in [-0.39, 0.29) is 0 Å². The molecule has 0 aliphatic heterocycles. The van der Waals surface area contributed by atoms with Crippen LogP contribution in [0.15, 0.2) is 109 Å². The van der Waals surface area contributed by atoms with Crippen molar-refractivity contribution in [2.24, 2.45) is 0 Å². The van der Waals surface area contributed by atoms with Crippen LogP contribution >= 0.6 is 0 Å². The maximum atomic E-state index is 2.34. The fraction of sp³-hybridized carbons (Fsp3) is 0.111. The van der Waals surface area contributed by atoms with Gasteiger partial charge in [0.15, 0.2) is 0 Å². The Bertz CT molecular complexity index is 1590. The van der Waals surface area contributed by atoms with Crippen LogP contribution in [0.1, 0.15) is 48.9 Å². The minimum absolute atomic E-state index is 0.990. The van der Waals surface area contributed by atoms with Crippen molar-refractivity contribution >= 4 is 55.6 Å². The molecular weight excluding hydrogens is 432 g/mol. The highest BCUT2D eigenvalue weighted by atomic mass is 14.2. The monoisotopic (exact) mass is 462 g/mol. The van der Waals surface area contributed by atoms with Gasteiger partial charge in [-0.2, -0.15) is 0 Å². The molecule has 0 heterocycles. The molecule has 0 radical (unpaired) electrons. The lowest BCUT2D eigenvalue weighted by molar-refractivity contribution is 1.25. The van der Waals surface area contributed by atoms with Gasteiger partial charge in [0.05, 0.1) is 0 Å². The van der Waals surface area contributed by atoms with Gasteiger partial charge in [-0.15, -0.1) is 0 Å². The van der Waals surface area contributed by atoms with Crippen LogP contribution in [0.4, 0.5) is 0 Å². The zero-order valence-electron chi connectivity index (χ0n) is 21.0. The molecule has 0 aliphatic carbocycles. The molecule has 0 spiro atoms. The van der Waals surface area contributed by atoms with E-state index in [9.17, 15) is 0 Å². The van der Waals surface area contributed by atoms with Crippen LogP contribution in [0.25, 0.3) is 55.6 Å². The molecule has 6 aromatic carbocycles. The lowest BCUT2D eigenvalue weighted by Crippen LogP contribution is -1.93. The van der Waals surface area contributed by atoms with Gasteiger partial charge >= 0.3 is 0 Å². The van der Waals surface area contributed by atoms with E-state index < -0.39 is 0 Å². The van der Waals surface area contributed by atoms with Gasteiger partial charge < -0.3 is 0 Å². The fourth-order valence-electron chi connectivity index (χ4n) is 5.60. The van der Waals surface area contributed by atoms with Crippen molar-refractivity contribution in [3.05, 3.63) is 131 Å². The van der Waals surface area contributed by atoms with E-state index in [4.69, 9.17) is 0 Å². The fourth-order valence-corrected chi connectivity index (χ4v) is 5.60. The average Bonchev–Trinajstić information content (AvgIpc) is 2.94. The normalized spacial score (nSPS) is 12.7. The molecule has 6 rings (SSSR count). The van der Waals surface area contributed by atoms with Crippen LogP contribution in [0.2, 0.25) is 0 Å². The van der Waals surface area contributed by atoms with E-state index in [1.165, 1.54) is 65.7 Å². The van der Waals surface area contributed by atoms with E-state index in [1.54, 1.807) is 0 Å². The first-order valence-electron chi connectivity index (χ1n) is 13.0. The molecule has 6 aromatic rings. The van der Waals surface area contributed by atoms with E-state index in [0.29, 0.717) is 0 Å². The third-order valence-corrected chi connectivity index (χ3v) is 7.40. The van der Waals surface area contributed by atoms with Crippen molar-refractivity contribution < 1.29 is 0 Å². The summed E-state index contributed by atoms with van der Waals surface area (Å²) in [5.41, 5.74) is 7.92. The molecule has 0 saturated carbocycles. The molecule has 0 fully saturated rings. The Balaban J connectivity index is 1.60. The van der Waals surface area contributed by atoms with Crippen LogP contribution in [0.5, 0.6) is 0 Å². The molecule has 174 valence electrons. The zero-order chi connectivity index (χ0) is 24.5. The Hall–Kier alpha value is -4.16. The standard InChI is InChI=1S/C36H30/c1-3-27(23-25-11-7-5-8-12-25)31-19-15-29-18-22-34-32(28(4-2)24-26-13-9-6-10-14-26)20-16-30-17-21-33(31)35(29)36(30)34/h5-24H,3-4H2,1-2H3. The molecule has 0 bridgehead atoms. The smallest absolute Gasteiger partial charge is 0.00205 e. The molecule has 0 N–H and O–H groups in total. The lowest BCUT2D eigenvalue weighted by Gasteiger charge is -2.18. The Labute approximate surface area is 213 Å². The third kappa shape index (κ3) is 3.89. The summed E-state index contributed by atoms with van der Waals surface area (Å²) in [6, 6.07) is 39.8. The summed E-state index contributed by atoms with van der Waals surface area (Å²) in [5, 5.41) is 8.07. The summed E-state index contributed by atoms with van der Waals surface area (Å²) in [7, 11) is 0. The Kier molecular flexibility index (Phi) is 5.87. The first kappa shape index (κ1) is 22.3. The van der Waals surface area contributed by atoms with Crippen molar-refractivity contribution in [3.63, 3.8) is 0 Å². The van der Waals surface area contributed by atoms with E-state index >= 15 is 0 Å². The second-order valence-electron chi connectivity index (χ2n) is 9.52. The number of hydrogen-bond acceptors (Lipinski definition) is 0. The molecule has 36 heavy (non-hydrogen) atoms. The summed E-state index contributed by atoms with van der Waals surface area (Å²) >= 11 is 0. The quantitative estimate of drug-likeness (QED) is 0.170. The molecule has 0 heteroatoms. The van der Waals surface area contributed by atoms with Crippen molar-refractivity contribution in [3.8, 4) is 0 Å². The lowest BCUT2D eigenvalue weighted by atomic mass is 9.86. The predicted molar refractivity (Wildman–Crippen MR) is 159 cm³/mol. The van der Waals surface area contributed by atoms with Gasteiger partial charge in [-0.3, -0.25) is 0 Å². The van der Waals surface area contributed by atoms with Crippen molar-refractivity contribution in [1.29, 1.82) is 0 Å². The van der Waals surface area contributed by atoms with Gasteiger partial charge in [0, 0.05) is 0 Å². The van der Waals surface area contributed by atoms with E-state index in [2.05, 4.69) is 135 Å². The average molecular weight is 463 g/mol. The molecule has 0 amide bonds. The van der Waals surface area contributed by atoms with Gasteiger partial charge in [0.2, 0.25) is 0 Å². The number of allylic oxidation sites excluding steroid dienone is 2.